The predicted molar refractivity (Wildman–Crippen MR) is 76.2 cm³/mol. The van der Waals surface area contributed by atoms with Gasteiger partial charge in [0.25, 0.3) is 5.91 Å². The highest BCUT2D eigenvalue weighted by Crippen LogP contribution is 2.33. The fourth-order valence-electron chi connectivity index (χ4n) is 1.65. The van der Waals surface area contributed by atoms with Crippen molar-refractivity contribution >= 4 is 40.1 Å². The van der Waals surface area contributed by atoms with E-state index in [1.54, 1.807) is 18.2 Å². The number of nitrogens with one attached hydrogen (secondary N) is 1. The summed E-state index contributed by atoms with van der Waals surface area (Å²) < 4.78 is 10.8. The lowest BCUT2D eigenvalue weighted by atomic mass is 10.2. The summed E-state index contributed by atoms with van der Waals surface area (Å²) in [6.45, 7) is 0.135. The molecule has 8 nitrogen and oxygen atoms in total. The first-order valence-electron chi connectivity index (χ1n) is 5.99. The van der Waals surface area contributed by atoms with E-state index in [2.05, 4.69) is 15.5 Å². The topological polar surface area (TPSA) is 113 Å². The van der Waals surface area contributed by atoms with Gasteiger partial charge in [-0.3, -0.25) is 10.1 Å². The Labute approximate surface area is 132 Å². The summed E-state index contributed by atoms with van der Waals surface area (Å²) >= 11 is 2.07. The predicted octanol–water partition coefficient (Wildman–Crippen LogP) is 0.361. The lowest BCUT2D eigenvalue weighted by Crippen LogP contribution is -2.24. The monoisotopic (exact) mass is 338 g/mol. The summed E-state index contributed by atoms with van der Waals surface area (Å²) in [5, 5.41) is 20.8. The number of carboxylic acids is 1. The number of fused-ring (bicyclic) bond motifs is 1. The van der Waals surface area contributed by atoms with Gasteiger partial charge in [0.05, 0.1) is 5.97 Å². The maximum absolute atomic E-state index is 12.1. The van der Waals surface area contributed by atoms with Crippen molar-refractivity contribution in [1.29, 1.82) is 0 Å². The van der Waals surface area contributed by atoms with Crippen LogP contribution in [0.3, 0.4) is 0 Å². The number of aliphatic carboxylic acids is 1. The third-order valence-corrected chi connectivity index (χ3v) is 4.52. The highest BCUT2D eigenvalue weighted by Gasteiger charge is 2.17. The minimum atomic E-state index is -1.19. The molecule has 0 radical (unpaired) electrons. The quantitative estimate of drug-likeness (QED) is 0.614. The fourth-order valence-corrected chi connectivity index (χ4v) is 3.11. The third-order valence-electron chi connectivity index (χ3n) is 2.58. The first-order chi connectivity index (χ1) is 10.6. The molecule has 0 bridgehead atoms. The lowest BCUT2D eigenvalue weighted by Gasteiger charge is -2.02. The number of ether oxygens (including phenoxy) is 2. The van der Waals surface area contributed by atoms with Gasteiger partial charge in [0.1, 0.15) is 0 Å². The molecule has 0 spiro atoms. The Balaban J connectivity index is 1.65. The van der Waals surface area contributed by atoms with Crippen molar-refractivity contribution < 1.29 is 24.2 Å². The highest BCUT2D eigenvalue weighted by molar-refractivity contribution is 8.01. The van der Waals surface area contributed by atoms with Gasteiger partial charge in [-0.15, -0.1) is 10.2 Å². The number of rotatable bonds is 5. The number of hydrogen-bond donors (Lipinski definition) is 1. The van der Waals surface area contributed by atoms with Crippen LogP contribution in [0.15, 0.2) is 22.5 Å². The molecule has 0 fully saturated rings. The summed E-state index contributed by atoms with van der Waals surface area (Å²) in [6, 6.07) is 4.83. The maximum Gasteiger partial charge on any atom is 0.257 e. The van der Waals surface area contributed by atoms with E-state index in [1.807, 2.05) is 0 Å². The van der Waals surface area contributed by atoms with Crippen molar-refractivity contribution in [2.45, 2.75) is 4.34 Å². The van der Waals surface area contributed by atoms with Crippen LogP contribution in [0.5, 0.6) is 11.5 Å². The normalized spacial score (nSPS) is 12.2. The first-order valence-corrected chi connectivity index (χ1v) is 7.79. The minimum absolute atomic E-state index is 0.135. The van der Waals surface area contributed by atoms with E-state index >= 15 is 0 Å². The molecule has 0 aliphatic carbocycles. The van der Waals surface area contributed by atoms with Gasteiger partial charge in [-0.25, -0.2) is 0 Å². The van der Waals surface area contributed by atoms with E-state index in [0.717, 1.165) is 23.1 Å². The number of benzene rings is 1. The minimum Gasteiger partial charge on any atom is -0.549 e. The van der Waals surface area contributed by atoms with Crippen LogP contribution < -0.4 is 19.9 Å². The lowest BCUT2D eigenvalue weighted by molar-refractivity contribution is -0.301. The molecule has 22 heavy (non-hydrogen) atoms. The Morgan fingerprint density at radius 3 is 2.95 bits per heavy atom. The van der Waals surface area contributed by atoms with E-state index in [-0.39, 0.29) is 23.6 Å². The average molecular weight is 338 g/mol. The van der Waals surface area contributed by atoms with Crippen LogP contribution in [0, 0.1) is 0 Å². The molecule has 1 aliphatic rings. The van der Waals surface area contributed by atoms with Crippen LogP contribution in [-0.4, -0.2) is 34.6 Å². The SMILES string of the molecule is O=C([O-])CSc1nnc(NC(=O)c2ccc3c(c2)OCO3)s1. The number of thioether (sulfide) groups is 1. The summed E-state index contributed by atoms with van der Waals surface area (Å²) in [7, 11) is 0. The van der Waals surface area contributed by atoms with Crippen molar-refractivity contribution in [3.63, 3.8) is 0 Å². The Bertz CT molecular complexity index is 733. The average Bonchev–Trinajstić information content (AvgIpc) is 3.12. The van der Waals surface area contributed by atoms with Gasteiger partial charge < -0.3 is 19.4 Å². The van der Waals surface area contributed by atoms with Crippen molar-refractivity contribution in [1.82, 2.24) is 10.2 Å². The number of carbonyl (C=O) groups is 2. The van der Waals surface area contributed by atoms with Gasteiger partial charge >= 0.3 is 0 Å². The van der Waals surface area contributed by atoms with E-state index in [9.17, 15) is 14.7 Å². The second kappa shape index (κ2) is 6.20. The summed E-state index contributed by atoms with van der Waals surface area (Å²) in [4.78, 5) is 22.5. The van der Waals surface area contributed by atoms with Crippen LogP contribution in [0.1, 0.15) is 10.4 Å². The smallest absolute Gasteiger partial charge is 0.257 e. The van der Waals surface area contributed by atoms with Gasteiger partial charge in [-0.2, -0.15) is 0 Å². The number of carbonyl (C=O) groups excluding carboxylic acids is 2. The molecule has 1 amide bonds. The zero-order chi connectivity index (χ0) is 15.5. The second-order valence-electron chi connectivity index (χ2n) is 4.06. The molecule has 0 unspecified atom stereocenters. The van der Waals surface area contributed by atoms with Crippen molar-refractivity contribution in [2.75, 3.05) is 17.9 Å². The van der Waals surface area contributed by atoms with Gasteiger partial charge in [0, 0.05) is 11.3 Å². The Morgan fingerprint density at radius 2 is 2.14 bits per heavy atom. The van der Waals surface area contributed by atoms with E-state index in [4.69, 9.17) is 9.47 Å². The summed E-state index contributed by atoms with van der Waals surface area (Å²) in [5.74, 6) is -0.675. The van der Waals surface area contributed by atoms with E-state index < -0.39 is 5.97 Å². The molecular formula is C12H8N3O5S2-. The number of amides is 1. The summed E-state index contributed by atoms with van der Waals surface area (Å²) in [6.07, 6.45) is 0. The van der Waals surface area contributed by atoms with Crippen molar-refractivity contribution in [3.8, 4) is 11.5 Å². The first kappa shape index (κ1) is 14.6. The zero-order valence-corrected chi connectivity index (χ0v) is 12.5. The largest absolute Gasteiger partial charge is 0.549 e. The standard InChI is InChI=1S/C12H9N3O5S2/c16-9(17)4-21-12-15-14-11(22-12)13-10(18)6-1-2-7-8(3-6)20-5-19-7/h1-3H,4-5H2,(H,16,17)(H,13,14,18)/p-1. The van der Waals surface area contributed by atoms with Crippen LogP contribution in [0.25, 0.3) is 0 Å². The molecule has 2 heterocycles. The number of carboxylic acid groups (broad SMARTS) is 1. The molecule has 1 aliphatic heterocycles. The molecule has 10 heteroatoms. The van der Waals surface area contributed by atoms with Crippen LogP contribution in [-0.2, 0) is 4.79 Å². The molecule has 0 atom stereocenters. The van der Waals surface area contributed by atoms with Crippen molar-refractivity contribution in [3.05, 3.63) is 23.8 Å². The van der Waals surface area contributed by atoms with Gasteiger partial charge in [-0.1, -0.05) is 23.1 Å². The Hall–Kier alpha value is -2.33. The van der Waals surface area contributed by atoms with Gasteiger partial charge in [0.15, 0.2) is 15.8 Å². The van der Waals surface area contributed by atoms with Crippen molar-refractivity contribution in [2.24, 2.45) is 0 Å². The summed E-state index contributed by atoms with van der Waals surface area (Å²) in [5.41, 5.74) is 0.392. The number of hydrogen-bond acceptors (Lipinski definition) is 9. The molecule has 1 N–H and O–H groups in total. The maximum atomic E-state index is 12.1. The fraction of sp³-hybridized carbons (Fsp3) is 0.167. The second-order valence-corrected chi connectivity index (χ2v) is 6.26. The molecule has 0 saturated heterocycles. The molecule has 3 rings (SSSR count). The van der Waals surface area contributed by atoms with Crippen LogP contribution in [0.4, 0.5) is 5.13 Å². The number of anilines is 1. The van der Waals surface area contributed by atoms with E-state index in [1.165, 1.54) is 0 Å². The number of nitrogens with zero attached hydrogens (tertiary/aromatic N) is 2. The Morgan fingerprint density at radius 1 is 1.32 bits per heavy atom. The van der Waals surface area contributed by atoms with Crippen LogP contribution in [0.2, 0.25) is 0 Å². The number of aromatic nitrogens is 2. The van der Waals surface area contributed by atoms with Crippen LogP contribution >= 0.6 is 23.1 Å². The molecule has 2 aromatic rings. The molecule has 0 saturated carbocycles. The molecule has 1 aromatic heterocycles. The van der Waals surface area contributed by atoms with Gasteiger partial charge in [-0.05, 0) is 18.2 Å². The Kier molecular flexibility index (Phi) is 4.11. The van der Waals surface area contributed by atoms with Gasteiger partial charge in [0.2, 0.25) is 11.9 Å². The molecular weight excluding hydrogens is 330 g/mol. The highest BCUT2D eigenvalue weighted by atomic mass is 32.2. The zero-order valence-electron chi connectivity index (χ0n) is 10.9. The van der Waals surface area contributed by atoms with E-state index in [0.29, 0.717) is 21.4 Å². The third kappa shape index (κ3) is 3.28. The molecule has 114 valence electrons. The molecule has 1 aromatic carbocycles.